The van der Waals surface area contributed by atoms with E-state index in [2.05, 4.69) is 5.32 Å². The highest BCUT2D eigenvalue weighted by Crippen LogP contribution is 2.50. The van der Waals surface area contributed by atoms with E-state index in [1.54, 1.807) is 6.92 Å². The molecule has 3 unspecified atom stereocenters. The average Bonchev–Trinajstić information content (AvgIpc) is 2.61. The number of hydrogen-bond acceptors (Lipinski definition) is 3. The third kappa shape index (κ3) is 1.54. The fraction of sp³-hybridized carbons (Fsp3) is 0.800. The first-order chi connectivity index (χ1) is 6.61. The topological polar surface area (TPSA) is 55.4 Å². The molecule has 2 rings (SSSR count). The predicted octanol–water partition coefficient (Wildman–Crippen LogP) is -0.0275. The minimum absolute atomic E-state index is 0.000379. The minimum Gasteiger partial charge on any atom is -0.381 e. The third-order valence-electron chi connectivity index (χ3n) is 3.22. The Kier molecular flexibility index (Phi) is 2.31. The molecule has 1 aliphatic carbocycles. The summed E-state index contributed by atoms with van der Waals surface area (Å²) in [6.45, 7) is 4.62. The molecule has 2 aliphatic rings. The molecule has 2 fully saturated rings. The Balaban J connectivity index is 1.83. The minimum atomic E-state index is -0.357. The zero-order valence-corrected chi connectivity index (χ0v) is 8.45. The van der Waals surface area contributed by atoms with E-state index < -0.39 is 0 Å². The molecule has 0 aromatic carbocycles. The van der Waals surface area contributed by atoms with E-state index in [0.717, 1.165) is 0 Å². The van der Waals surface area contributed by atoms with Gasteiger partial charge in [-0.15, -0.1) is 0 Å². The van der Waals surface area contributed by atoms with Crippen LogP contribution in [0.5, 0.6) is 0 Å². The standard InChI is InChI=1S/C10H15NO3/c1-5(6(2)12)11-10(13)9-7-3-14-4-8(7)9/h5,7-9H,3-4H2,1-2H3,(H,11,13). The summed E-state index contributed by atoms with van der Waals surface area (Å²) in [5.74, 6) is 0.945. The maximum absolute atomic E-state index is 11.6. The normalized spacial score (nSPS) is 36.0. The molecule has 4 nitrogen and oxygen atoms in total. The van der Waals surface area contributed by atoms with E-state index >= 15 is 0 Å². The molecule has 14 heavy (non-hydrogen) atoms. The molecule has 0 aromatic heterocycles. The van der Waals surface area contributed by atoms with Gasteiger partial charge in [0.2, 0.25) is 5.91 Å². The number of rotatable bonds is 3. The number of fused-ring (bicyclic) bond motifs is 1. The van der Waals surface area contributed by atoms with Crippen LogP contribution in [-0.4, -0.2) is 30.9 Å². The highest BCUT2D eigenvalue weighted by molar-refractivity contribution is 5.89. The van der Waals surface area contributed by atoms with Crippen molar-refractivity contribution in [3.8, 4) is 0 Å². The van der Waals surface area contributed by atoms with Gasteiger partial charge in [-0.2, -0.15) is 0 Å². The van der Waals surface area contributed by atoms with Crippen molar-refractivity contribution in [2.45, 2.75) is 19.9 Å². The van der Waals surface area contributed by atoms with Gasteiger partial charge in [-0.1, -0.05) is 0 Å². The molecule has 0 spiro atoms. The van der Waals surface area contributed by atoms with E-state index in [1.807, 2.05) is 0 Å². The monoisotopic (exact) mass is 197 g/mol. The van der Waals surface area contributed by atoms with E-state index in [9.17, 15) is 9.59 Å². The fourth-order valence-electron chi connectivity index (χ4n) is 2.04. The van der Waals surface area contributed by atoms with Gasteiger partial charge in [-0.3, -0.25) is 9.59 Å². The Bertz CT molecular complexity index is 267. The summed E-state index contributed by atoms with van der Waals surface area (Å²) in [5, 5.41) is 2.73. The SMILES string of the molecule is CC(=O)C(C)NC(=O)C1C2COCC21. The van der Waals surface area contributed by atoms with Gasteiger partial charge in [-0.05, 0) is 25.7 Å². The predicted molar refractivity (Wildman–Crippen MR) is 49.6 cm³/mol. The van der Waals surface area contributed by atoms with Crippen molar-refractivity contribution in [3.63, 3.8) is 0 Å². The Morgan fingerprint density at radius 2 is 1.93 bits per heavy atom. The molecular formula is C10H15NO3. The molecule has 0 radical (unpaired) electrons. The molecule has 3 atom stereocenters. The Morgan fingerprint density at radius 3 is 2.43 bits per heavy atom. The van der Waals surface area contributed by atoms with Crippen LogP contribution in [0, 0.1) is 17.8 Å². The lowest BCUT2D eigenvalue weighted by atomic mass is 10.2. The number of carbonyl (C=O) groups excluding carboxylic acids is 2. The Labute approximate surface area is 83.0 Å². The van der Waals surface area contributed by atoms with Crippen LogP contribution >= 0.6 is 0 Å². The molecule has 78 valence electrons. The zero-order chi connectivity index (χ0) is 10.3. The molecule has 1 saturated heterocycles. The van der Waals surface area contributed by atoms with Crippen LogP contribution in [0.2, 0.25) is 0 Å². The van der Waals surface area contributed by atoms with Gasteiger partial charge >= 0.3 is 0 Å². The van der Waals surface area contributed by atoms with Gasteiger partial charge < -0.3 is 10.1 Å². The van der Waals surface area contributed by atoms with Crippen LogP contribution in [-0.2, 0) is 14.3 Å². The first-order valence-electron chi connectivity index (χ1n) is 5.00. The van der Waals surface area contributed by atoms with Crippen molar-refractivity contribution in [2.75, 3.05) is 13.2 Å². The van der Waals surface area contributed by atoms with Crippen LogP contribution in [0.4, 0.5) is 0 Å². The number of hydrogen-bond donors (Lipinski definition) is 1. The Morgan fingerprint density at radius 1 is 1.36 bits per heavy atom. The molecule has 0 aromatic rings. The molecule has 1 amide bonds. The number of Topliss-reactive ketones (excluding diaryl/α,β-unsaturated/α-hetero) is 1. The van der Waals surface area contributed by atoms with Gasteiger partial charge in [0, 0.05) is 5.92 Å². The Hall–Kier alpha value is -0.900. The lowest BCUT2D eigenvalue weighted by Gasteiger charge is -2.11. The molecule has 1 heterocycles. The van der Waals surface area contributed by atoms with Crippen LogP contribution < -0.4 is 5.32 Å². The zero-order valence-electron chi connectivity index (χ0n) is 8.45. The van der Waals surface area contributed by atoms with Gasteiger partial charge in [0.25, 0.3) is 0 Å². The summed E-state index contributed by atoms with van der Waals surface area (Å²) in [5.41, 5.74) is 0. The quantitative estimate of drug-likeness (QED) is 0.691. The van der Waals surface area contributed by atoms with Gasteiger partial charge in [-0.25, -0.2) is 0 Å². The van der Waals surface area contributed by atoms with Crippen molar-refractivity contribution in [1.82, 2.24) is 5.32 Å². The van der Waals surface area contributed by atoms with Gasteiger partial charge in [0.1, 0.15) is 0 Å². The molecule has 1 saturated carbocycles. The lowest BCUT2D eigenvalue weighted by Crippen LogP contribution is -2.39. The number of amides is 1. The third-order valence-corrected chi connectivity index (χ3v) is 3.22. The number of ether oxygens (including phenoxy) is 1. The van der Waals surface area contributed by atoms with E-state index in [-0.39, 0.29) is 23.7 Å². The van der Waals surface area contributed by atoms with Crippen molar-refractivity contribution >= 4 is 11.7 Å². The maximum Gasteiger partial charge on any atom is 0.224 e. The van der Waals surface area contributed by atoms with Crippen LogP contribution in [0.25, 0.3) is 0 Å². The van der Waals surface area contributed by atoms with E-state index in [1.165, 1.54) is 6.92 Å². The van der Waals surface area contributed by atoms with Crippen LogP contribution in [0.3, 0.4) is 0 Å². The molecule has 1 aliphatic heterocycles. The summed E-state index contributed by atoms with van der Waals surface area (Å²) in [7, 11) is 0. The molecular weight excluding hydrogens is 182 g/mol. The van der Waals surface area contributed by atoms with Crippen molar-refractivity contribution in [2.24, 2.45) is 17.8 Å². The second-order valence-corrected chi connectivity index (χ2v) is 4.23. The largest absolute Gasteiger partial charge is 0.381 e. The number of nitrogens with one attached hydrogen (secondary N) is 1. The first-order valence-corrected chi connectivity index (χ1v) is 5.00. The first kappa shape index (κ1) is 9.65. The smallest absolute Gasteiger partial charge is 0.224 e. The second kappa shape index (κ2) is 3.35. The summed E-state index contributed by atoms with van der Waals surface area (Å²) >= 11 is 0. The summed E-state index contributed by atoms with van der Waals surface area (Å²) < 4.78 is 5.19. The lowest BCUT2D eigenvalue weighted by molar-refractivity contribution is -0.128. The molecule has 1 N–H and O–H groups in total. The molecule has 0 bridgehead atoms. The average molecular weight is 197 g/mol. The maximum atomic E-state index is 11.6. The number of carbonyl (C=O) groups is 2. The summed E-state index contributed by atoms with van der Waals surface area (Å²) in [4.78, 5) is 22.5. The van der Waals surface area contributed by atoms with Gasteiger partial charge in [0.15, 0.2) is 5.78 Å². The van der Waals surface area contributed by atoms with Crippen LogP contribution in [0.15, 0.2) is 0 Å². The van der Waals surface area contributed by atoms with E-state index in [4.69, 9.17) is 4.74 Å². The highest BCUT2D eigenvalue weighted by atomic mass is 16.5. The van der Waals surface area contributed by atoms with Crippen molar-refractivity contribution in [1.29, 1.82) is 0 Å². The molecule has 4 heteroatoms. The van der Waals surface area contributed by atoms with Crippen molar-refractivity contribution in [3.05, 3.63) is 0 Å². The highest BCUT2D eigenvalue weighted by Gasteiger charge is 2.58. The second-order valence-electron chi connectivity index (χ2n) is 4.23. The number of ketones is 1. The fourth-order valence-corrected chi connectivity index (χ4v) is 2.04. The van der Waals surface area contributed by atoms with Crippen molar-refractivity contribution < 1.29 is 14.3 Å². The summed E-state index contributed by atoms with van der Waals surface area (Å²) in [6, 6.07) is -0.357. The van der Waals surface area contributed by atoms with Gasteiger partial charge in [0.05, 0.1) is 19.3 Å². The van der Waals surface area contributed by atoms with E-state index in [0.29, 0.717) is 25.0 Å². The van der Waals surface area contributed by atoms with Crippen LogP contribution in [0.1, 0.15) is 13.8 Å². The summed E-state index contributed by atoms with van der Waals surface area (Å²) in [6.07, 6.45) is 0.